The number of rotatable bonds is 16. The van der Waals surface area contributed by atoms with Gasteiger partial charge < -0.3 is 30.5 Å². The number of nitrogens with zero attached hydrogens (tertiary/aromatic N) is 6. The molecular weight excluding hydrogens is 1070 g/mol. The van der Waals surface area contributed by atoms with Crippen molar-refractivity contribution in [1.29, 1.82) is 0 Å². The average Bonchev–Trinajstić information content (AvgIpc) is 4.11. The smallest absolute Gasteiger partial charge is 0.407 e. The van der Waals surface area contributed by atoms with E-state index < -0.39 is 89.3 Å². The van der Waals surface area contributed by atoms with Crippen LogP contribution in [0, 0.1) is 34.3 Å². The Morgan fingerprint density at radius 1 is 0.824 bits per heavy atom. The number of carbonyl (C=O) groups is 4. The summed E-state index contributed by atoms with van der Waals surface area (Å²) >= 11 is 0.377. The molecule has 3 saturated heterocycles. The number of amides is 4. The number of aliphatic hydroxyl groups is 1. The van der Waals surface area contributed by atoms with E-state index in [4.69, 9.17) is 14.5 Å². The first-order valence-electron chi connectivity index (χ1n) is 24.9. The van der Waals surface area contributed by atoms with Gasteiger partial charge in [0.25, 0.3) is 5.91 Å². The van der Waals surface area contributed by atoms with Crippen LogP contribution in [0.4, 0.5) is 24.2 Å². The number of alkyl carbamates (subject to hydrolysis) is 2. The molecule has 4 amide bonds. The fourth-order valence-corrected chi connectivity index (χ4v) is 13.1. The van der Waals surface area contributed by atoms with Crippen LogP contribution in [0.2, 0.25) is 0 Å². The third-order valence-electron chi connectivity index (χ3n) is 13.8. The van der Waals surface area contributed by atoms with E-state index in [1.54, 1.807) is 60.9 Å². The minimum absolute atomic E-state index is 0.0247. The largest absolute Gasteiger partial charge is 0.453 e. The second-order valence-corrected chi connectivity index (χ2v) is 24.5. The molecule has 2 aromatic heterocycles. The van der Waals surface area contributed by atoms with Gasteiger partial charge in [-0.2, -0.15) is 5.10 Å². The molecule has 20 heteroatoms. The Labute approximate surface area is 443 Å². The van der Waals surface area contributed by atoms with Crippen molar-refractivity contribution in [1.82, 2.24) is 46.0 Å². The number of halogens is 3. The molecule has 3 unspecified atom stereocenters. The van der Waals surface area contributed by atoms with Crippen molar-refractivity contribution in [2.24, 2.45) is 17.9 Å². The second kappa shape index (κ2) is 24.2. The predicted molar refractivity (Wildman–Crippen MR) is 272 cm³/mol. The molecule has 3 aliphatic heterocycles. The Hall–Kier alpha value is -5.89. The zero-order chi connectivity index (χ0) is 53.5. The number of hydrogen-bond acceptors (Lipinski definition) is 12. The van der Waals surface area contributed by atoms with Gasteiger partial charge in [0.1, 0.15) is 23.7 Å². The van der Waals surface area contributed by atoms with Gasteiger partial charge in [-0.15, -0.1) is 0 Å². The summed E-state index contributed by atoms with van der Waals surface area (Å²) in [4.78, 5) is 63.3. The van der Waals surface area contributed by atoms with Crippen LogP contribution < -0.4 is 47.5 Å². The molecule has 0 aliphatic carbocycles. The Bertz CT molecular complexity index is 2640. The number of anilines is 1. The number of aromatic nitrogens is 3. The topological polar surface area (TPSA) is 196 Å². The van der Waals surface area contributed by atoms with Gasteiger partial charge in [-0.05, 0) is 53.1 Å². The van der Waals surface area contributed by atoms with Crippen LogP contribution >= 0.6 is 0 Å². The zero-order valence-corrected chi connectivity index (χ0v) is 45.8. The first kappa shape index (κ1) is 55.9. The number of methoxy groups -OCH3 is 2. The van der Waals surface area contributed by atoms with Gasteiger partial charge in [0.05, 0.1) is 32.1 Å². The molecule has 5 heterocycles. The molecular formula is C54H70F2IN10O7-. The van der Waals surface area contributed by atoms with Gasteiger partial charge in [0.2, 0.25) is 5.91 Å². The van der Waals surface area contributed by atoms with Crippen LogP contribution in [0.25, 0.3) is 11.3 Å². The monoisotopic (exact) mass is 1140 g/mol. The standard InChI is InChI=1S/C54H70F2IN10O7/c1-53(2,3)47(60-51(71)73-8)49(69)59-44(24-34-13-10-33(11-14-34)12-15-35-16-19-46(58-28-35)65-29-38-17-18-39(30-65)67(38)37-20-22-57-27-37)45(68)32-66(63-50(70)48(54(4,5)6)61-52(72)74-9)31-40-41(55)25-36(26-42(40)56)43-21-23-64(7)62-43/h10-11,13-14,16,19,21,23,25-26,28,37-39,44-45,47-48,68H,17-18,20,22,24,27,29-32H2,1-9H3,(H,59,69)(H,60,71)(H,61,72)(H,63,70)/q-1/t37?,38?,39?,44-,45-,47+,48+/m0/s1. The zero-order valence-electron chi connectivity index (χ0n) is 43.7. The molecule has 7 rings (SSSR count). The van der Waals surface area contributed by atoms with Crippen LogP contribution in [0.3, 0.4) is 0 Å². The van der Waals surface area contributed by atoms with Crippen LogP contribution in [0.5, 0.6) is 0 Å². The SMILES string of the molecule is COC(=O)N[C@H](C(=O)N[C@@H](Cc1ccc(C#Cc2ccc(N3CC4CCC(C3)N4C3CC[I-]C3)nc2)cc1)[C@@H](O)CN(Cc1c(F)cc(-c2ccn(C)n2)cc1F)NC(=O)[C@@H](NC(=O)OC)C(C)(C)C)C(C)(C)C. The number of hydrazine groups is 1. The summed E-state index contributed by atoms with van der Waals surface area (Å²) in [6.07, 6.45) is 4.07. The Balaban J connectivity index is 1.12. The maximum atomic E-state index is 16.0. The number of hydrogen-bond donors (Lipinski definition) is 5. The molecule has 74 heavy (non-hydrogen) atoms. The van der Waals surface area contributed by atoms with E-state index in [1.165, 1.54) is 39.9 Å². The first-order valence-corrected chi connectivity index (χ1v) is 28.0. The minimum atomic E-state index is -1.54. The maximum Gasteiger partial charge on any atom is 0.407 e. The van der Waals surface area contributed by atoms with Crippen molar-refractivity contribution in [3.8, 4) is 23.1 Å². The van der Waals surface area contributed by atoms with Gasteiger partial charge in [0.15, 0.2) is 0 Å². The van der Waals surface area contributed by atoms with Crippen LogP contribution in [0.15, 0.2) is 67.0 Å². The quantitative estimate of drug-likeness (QED) is 0.0476. The van der Waals surface area contributed by atoms with Crippen molar-refractivity contribution in [3.05, 3.63) is 101 Å². The number of fused-ring (bicyclic) bond motifs is 2. The molecule has 3 fully saturated rings. The van der Waals surface area contributed by atoms with Gasteiger partial charge in [0, 0.05) is 43.0 Å². The fraction of sp³-hybridized carbons (Fsp3) is 0.519. The van der Waals surface area contributed by atoms with E-state index in [-0.39, 0.29) is 12.0 Å². The Morgan fingerprint density at radius 3 is 1.95 bits per heavy atom. The number of carbonyl (C=O) groups excluding carboxylic acids is 4. The third kappa shape index (κ3) is 14.3. The Kier molecular flexibility index (Phi) is 18.3. The summed E-state index contributed by atoms with van der Waals surface area (Å²) in [5.41, 5.74) is 3.17. The fourth-order valence-electron chi connectivity index (χ4n) is 9.84. The molecule has 3 aliphatic rings. The van der Waals surface area contributed by atoms with E-state index in [1.807, 2.05) is 36.5 Å². The van der Waals surface area contributed by atoms with Gasteiger partial charge >= 0.3 is 149 Å². The van der Waals surface area contributed by atoms with Crippen molar-refractivity contribution in [3.63, 3.8) is 0 Å². The van der Waals surface area contributed by atoms with E-state index in [0.717, 1.165) is 54.8 Å². The average molecular weight is 1140 g/mol. The summed E-state index contributed by atoms with van der Waals surface area (Å²) < 4.78 is 46.0. The molecule has 0 saturated carbocycles. The number of alkyl halides is 2. The molecule has 400 valence electrons. The van der Waals surface area contributed by atoms with Crippen LogP contribution in [0.1, 0.15) is 83.1 Å². The maximum absolute atomic E-state index is 16.0. The first-order chi connectivity index (χ1) is 35.1. The normalized spacial score (nSPS) is 19.5. The number of pyridine rings is 1. The van der Waals surface area contributed by atoms with Crippen molar-refractivity contribution < 1.29 is 63.7 Å². The van der Waals surface area contributed by atoms with Crippen LogP contribution in [-0.2, 0) is 39.1 Å². The van der Waals surface area contributed by atoms with Crippen LogP contribution in [-0.4, -0.2) is 139 Å². The molecule has 7 atom stereocenters. The molecule has 0 radical (unpaired) electrons. The third-order valence-corrected chi connectivity index (χ3v) is 16.8. The molecule has 5 N–H and O–H groups in total. The molecule has 2 aromatic carbocycles. The summed E-state index contributed by atoms with van der Waals surface area (Å²) in [6, 6.07) is 13.7. The second-order valence-electron chi connectivity index (χ2n) is 21.5. The molecule has 4 aromatic rings. The van der Waals surface area contributed by atoms with E-state index >= 15 is 8.78 Å². The Morgan fingerprint density at radius 2 is 1.42 bits per heavy atom. The molecule has 17 nitrogen and oxygen atoms in total. The van der Waals surface area contributed by atoms with Crippen molar-refractivity contribution in [2.45, 2.75) is 116 Å². The molecule has 2 bridgehead atoms. The van der Waals surface area contributed by atoms with Gasteiger partial charge in [-0.1, -0.05) is 53.7 Å². The number of aryl methyl sites for hydroxylation is 1. The summed E-state index contributed by atoms with van der Waals surface area (Å²) in [5.74, 6) is 4.08. The number of aliphatic hydroxyl groups excluding tert-OH is 1. The number of nitrogens with one attached hydrogen (secondary N) is 4. The van der Waals surface area contributed by atoms with Crippen molar-refractivity contribution >= 4 is 29.8 Å². The number of piperazine rings is 1. The summed E-state index contributed by atoms with van der Waals surface area (Å²) in [5, 5.41) is 25.6. The van der Waals surface area contributed by atoms with E-state index in [2.05, 4.69) is 54.2 Å². The number of benzene rings is 2. The molecule has 0 spiro atoms. The van der Waals surface area contributed by atoms with Gasteiger partial charge in [-0.3, -0.25) is 19.7 Å². The number of ether oxygens (including phenoxy) is 2. The summed E-state index contributed by atoms with van der Waals surface area (Å²) in [6.45, 7) is 11.3. The minimum Gasteiger partial charge on any atom is -0.453 e. The predicted octanol–water partition coefficient (Wildman–Crippen LogP) is 2.14. The van der Waals surface area contributed by atoms with Crippen molar-refractivity contribution in [2.75, 3.05) is 47.6 Å². The van der Waals surface area contributed by atoms with Gasteiger partial charge in [-0.25, -0.2) is 23.4 Å². The summed E-state index contributed by atoms with van der Waals surface area (Å²) in [7, 11) is 4.00. The van der Waals surface area contributed by atoms with E-state index in [9.17, 15) is 24.3 Å². The van der Waals surface area contributed by atoms with E-state index in [0.29, 0.717) is 50.1 Å².